The Morgan fingerprint density at radius 2 is 1.84 bits per heavy atom. The van der Waals surface area contributed by atoms with Crippen LogP contribution in [0.25, 0.3) is 6.08 Å². The van der Waals surface area contributed by atoms with Gasteiger partial charge >= 0.3 is 0 Å². The number of aryl methyl sites for hydroxylation is 1. The van der Waals surface area contributed by atoms with E-state index in [1.165, 1.54) is 0 Å². The number of hydrogen-bond acceptors (Lipinski definition) is 5. The van der Waals surface area contributed by atoms with Gasteiger partial charge in [-0.1, -0.05) is 6.07 Å². The van der Waals surface area contributed by atoms with Gasteiger partial charge < -0.3 is 19.1 Å². The second kappa shape index (κ2) is 8.69. The first-order valence-corrected chi connectivity index (χ1v) is 10.9. The van der Waals surface area contributed by atoms with Gasteiger partial charge in [0.15, 0.2) is 5.78 Å². The van der Waals surface area contributed by atoms with Crippen LogP contribution in [0.3, 0.4) is 0 Å². The van der Waals surface area contributed by atoms with E-state index in [0.717, 1.165) is 16.7 Å². The number of hydrogen-bond donors (Lipinski definition) is 0. The van der Waals surface area contributed by atoms with Crippen molar-refractivity contribution in [1.29, 1.82) is 0 Å². The molecule has 4 rings (SSSR count). The molecule has 0 unspecified atom stereocenters. The van der Waals surface area contributed by atoms with Gasteiger partial charge in [-0.15, -0.1) is 0 Å². The van der Waals surface area contributed by atoms with Crippen molar-refractivity contribution in [3.63, 3.8) is 0 Å². The number of ether oxygens (including phenoxy) is 3. The Kier molecular flexibility index (Phi) is 5.96. The van der Waals surface area contributed by atoms with Crippen molar-refractivity contribution in [2.24, 2.45) is 0 Å². The monoisotopic (exact) mass is 435 g/mol. The van der Waals surface area contributed by atoms with Gasteiger partial charge in [-0.25, -0.2) is 0 Å². The van der Waals surface area contributed by atoms with Crippen molar-refractivity contribution in [2.75, 3.05) is 27.3 Å². The minimum Gasteiger partial charge on any atom is -0.497 e. The summed E-state index contributed by atoms with van der Waals surface area (Å²) in [5, 5.41) is 0. The van der Waals surface area contributed by atoms with E-state index in [1.54, 1.807) is 32.4 Å². The van der Waals surface area contributed by atoms with Crippen molar-refractivity contribution in [2.45, 2.75) is 38.7 Å². The van der Waals surface area contributed by atoms with Crippen molar-refractivity contribution in [1.82, 2.24) is 4.90 Å². The van der Waals surface area contributed by atoms with Crippen LogP contribution < -0.4 is 14.2 Å². The zero-order valence-electron chi connectivity index (χ0n) is 19.1. The van der Waals surface area contributed by atoms with Gasteiger partial charge in [-0.05, 0) is 49.2 Å². The molecule has 0 aromatic heterocycles. The fourth-order valence-corrected chi connectivity index (χ4v) is 4.42. The minimum atomic E-state index is -0.525. The van der Waals surface area contributed by atoms with E-state index in [0.29, 0.717) is 55.2 Å². The predicted molar refractivity (Wildman–Crippen MR) is 123 cm³/mol. The first-order valence-electron chi connectivity index (χ1n) is 10.9. The zero-order chi connectivity index (χ0) is 22.9. The number of piperidine rings is 1. The summed E-state index contributed by atoms with van der Waals surface area (Å²) in [6, 6.07) is 9.31. The van der Waals surface area contributed by atoms with Crippen LogP contribution in [0.1, 0.15) is 46.3 Å². The lowest BCUT2D eigenvalue weighted by molar-refractivity contribution is -0.129. The molecule has 0 atom stereocenters. The molecule has 0 saturated carbocycles. The SMILES string of the molecule is COc1ccc(/C=C/C(=O)N2CCC3(CC2)CC(=O)c2ccc(C)c(C)c2O3)c(OC)c1. The van der Waals surface area contributed by atoms with Crippen LogP contribution in [0.4, 0.5) is 0 Å². The summed E-state index contributed by atoms with van der Waals surface area (Å²) in [7, 11) is 3.19. The zero-order valence-corrected chi connectivity index (χ0v) is 19.1. The Morgan fingerprint density at radius 3 is 2.53 bits per heavy atom. The molecule has 2 heterocycles. The molecule has 1 amide bonds. The molecule has 2 aliphatic rings. The summed E-state index contributed by atoms with van der Waals surface area (Å²) in [5.74, 6) is 2.12. The number of methoxy groups -OCH3 is 2. The fourth-order valence-electron chi connectivity index (χ4n) is 4.42. The van der Waals surface area contributed by atoms with Crippen LogP contribution >= 0.6 is 0 Å². The highest BCUT2D eigenvalue weighted by molar-refractivity contribution is 6.01. The number of ketones is 1. The first-order chi connectivity index (χ1) is 15.4. The predicted octanol–water partition coefficient (Wildman–Crippen LogP) is 4.36. The number of likely N-dealkylation sites (tertiary alicyclic amines) is 1. The maximum atomic E-state index is 12.8. The van der Waals surface area contributed by atoms with Gasteiger partial charge in [0.1, 0.15) is 22.8 Å². The average molecular weight is 436 g/mol. The van der Waals surface area contributed by atoms with Gasteiger partial charge in [0.05, 0.1) is 26.2 Å². The number of Topliss-reactive ketones (excluding diaryl/α,β-unsaturated/α-hetero) is 1. The van der Waals surface area contributed by atoms with Gasteiger partial charge in [-0.3, -0.25) is 9.59 Å². The Bertz CT molecular complexity index is 1080. The number of carbonyl (C=O) groups excluding carboxylic acids is 2. The Balaban J connectivity index is 1.44. The van der Waals surface area contributed by atoms with Crippen molar-refractivity contribution >= 4 is 17.8 Å². The summed E-state index contributed by atoms with van der Waals surface area (Å²) in [4.78, 5) is 27.4. The number of nitrogens with zero attached hydrogens (tertiary/aromatic N) is 1. The minimum absolute atomic E-state index is 0.0627. The number of fused-ring (bicyclic) bond motifs is 1. The highest BCUT2D eigenvalue weighted by atomic mass is 16.5. The molecule has 2 aromatic rings. The second-order valence-corrected chi connectivity index (χ2v) is 8.54. The molecular formula is C26H29NO5. The normalized spacial score (nSPS) is 17.2. The number of rotatable bonds is 4. The average Bonchev–Trinajstić information content (AvgIpc) is 2.80. The third-order valence-corrected chi connectivity index (χ3v) is 6.61. The highest BCUT2D eigenvalue weighted by Gasteiger charge is 2.44. The van der Waals surface area contributed by atoms with E-state index in [4.69, 9.17) is 14.2 Å². The van der Waals surface area contributed by atoms with Crippen LogP contribution in [0.2, 0.25) is 0 Å². The van der Waals surface area contributed by atoms with Crippen LogP contribution in [0.15, 0.2) is 36.4 Å². The van der Waals surface area contributed by atoms with Gasteiger partial charge in [0.2, 0.25) is 5.91 Å². The Morgan fingerprint density at radius 1 is 1.09 bits per heavy atom. The summed E-state index contributed by atoms with van der Waals surface area (Å²) in [6.07, 6.45) is 4.96. The molecule has 6 heteroatoms. The molecule has 168 valence electrons. The molecule has 0 aliphatic carbocycles. The summed E-state index contributed by atoms with van der Waals surface area (Å²) < 4.78 is 17.1. The molecule has 1 fully saturated rings. The summed E-state index contributed by atoms with van der Waals surface area (Å²) >= 11 is 0. The molecule has 6 nitrogen and oxygen atoms in total. The molecule has 32 heavy (non-hydrogen) atoms. The van der Waals surface area contributed by atoms with Gasteiger partial charge in [0, 0.05) is 43.6 Å². The molecule has 0 bridgehead atoms. The molecule has 1 saturated heterocycles. The van der Waals surface area contributed by atoms with Gasteiger partial charge in [-0.2, -0.15) is 0 Å². The largest absolute Gasteiger partial charge is 0.497 e. The van der Waals surface area contributed by atoms with Gasteiger partial charge in [0.25, 0.3) is 0 Å². The molecule has 0 radical (unpaired) electrons. The van der Waals surface area contributed by atoms with E-state index < -0.39 is 5.60 Å². The molecule has 0 N–H and O–H groups in total. The van der Waals surface area contributed by atoms with E-state index in [2.05, 4.69) is 0 Å². The molecule has 1 spiro atoms. The second-order valence-electron chi connectivity index (χ2n) is 8.54. The number of carbonyl (C=O) groups is 2. The van der Waals surface area contributed by atoms with E-state index in [1.807, 2.05) is 43.0 Å². The third kappa shape index (κ3) is 4.09. The van der Waals surface area contributed by atoms with Crippen LogP contribution in [0.5, 0.6) is 17.2 Å². The standard InChI is InChI=1S/C26H29NO5/c1-17-5-9-21-22(28)16-26(32-25(21)18(17)2)11-13-27(14-12-26)24(29)10-7-19-6-8-20(30-3)15-23(19)31-4/h5-10,15H,11-14,16H2,1-4H3/b10-7+. The van der Waals surface area contributed by atoms with Crippen molar-refractivity contribution in [3.05, 3.63) is 58.7 Å². The number of benzene rings is 2. The molecule has 2 aliphatic heterocycles. The summed E-state index contributed by atoms with van der Waals surface area (Å²) in [5.41, 5.74) is 3.08. The molecular weight excluding hydrogens is 406 g/mol. The van der Waals surface area contributed by atoms with Crippen LogP contribution in [0, 0.1) is 13.8 Å². The lowest BCUT2D eigenvalue weighted by Gasteiger charge is -2.44. The first kappa shape index (κ1) is 21.9. The van der Waals surface area contributed by atoms with E-state index in [9.17, 15) is 9.59 Å². The fraction of sp³-hybridized carbons (Fsp3) is 0.385. The lowest BCUT2D eigenvalue weighted by atomic mass is 9.81. The smallest absolute Gasteiger partial charge is 0.246 e. The Hall–Kier alpha value is -3.28. The quantitative estimate of drug-likeness (QED) is 0.668. The highest BCUT2D eigenvalue weighted by Crippen LogP contribution is 2.41. The van der Waals surface area contributed by atoms with E-state index >= 15 is 0 Å². The van der Waals surface area contributed by atoms with Crippen LogP contribution in [-0.4, -0.2) is 49.5 Å². The lowest BCUT2D eigenvalue weighted by Crippen LogP contribution is -2.52. The van der Waals surface area contributed by atoms with Crippen molar-refractivity contribution < 1.29 is 23.8 Å². The topological polar surface area (TPSA) is 65.1 Å². The maximum absolute atomic E-state index is 12.8. The maximum Gasteiger partial charge on any atom is 0.246 e. The number of amides is 1. The third-order valence-electron chi connectivity index (χ3n) is 6.61. The van der Waals surface area contributed by atoms with Crippen LogP contribution in [-0.2, 0) is 4.79 Å². The van der Waals surface area contributed by atoms with E-state index in [-0.39, 0.29) is 11.7 Å². The molecule has 2 aromatic carbocycles. The Labute approximate surface area is 188 Å². The van der Waals surface area contributed by atoms with Crippen molar-refractivity contribution in [3.8, 4) is 17.2 Å². The summed E-state index contributed by atoms with van der Waals surface area (Å²) in [6.45, 7) is 5.13.